The van der Waals surface area contributed by atoms with Crippen LogP contribution in [0.4, 0.5) is 13.2 Å². The number of hydrogen-bond acceptors (Lipinski definition) is 5. The van der Waals surface area contributed by atoms with Crippen molar-refractivity contribution in [1.82, 2.24) is 14.6 Å². The Hall–Kier alpha value is -1.48. The van der Waals surface area contributed by atoms with Gasteiger partial charge in [0.2, 0.25) is 0 Å². The molecule has 0 radical (unpaired) electrons. The minimum absolute atomic E-state index is 0.110. The van der Waals surface area contributed by atoms with E-state index in [1.165, 1.54) is 0 Å². The number of cyclic esters (lactones) is 1. The van der Waals surface area contributed by atoms with Crippen LogP contribution < -0.4 is 0 Å². The van der Waals surface area contributed by atoms with Gasteiger partial charge in [0.1, 0.15) is 5.25 Å². The molecule has 0 aliphatic carbocycles. The zero-order chi connectivity index (χ0) is 15.2. The lowest BCUT2D eigenvalue weighted by Gasteiger charge is -2.09. The molecule has 2 aromatic rings. The molecule has 0 saturated carbocycles. The van der Waals surface area contributed by atoms with Crippen molar-refractivity contribution in [2.75, 3.05) is 6.61 Å². The quantitative estimate of drug-likeness (QED) is 0.789. The third kappa shape index (κ3) is 2.67. The van der Waals surface area contributed by atoms with Crippen molar-refractivity contribution in [3.63, 3.8) is 0 Å². The van der Waals surface area contributed by atoms with Gasteiger partial charge < -0.3 is 4.74 Å². The van der Waals surface area contributed by atoms with E-state index in [1.807, 2.05) is 0 Å². The third-order valence-electron chi connectivity index (χ3n) is 2.89. The molecular weight excluding hydrogens is 331 g/mol. The Kier molecular flexibility index (Phi) is 3.48. The molecule has 1 fully saturated rings. The first-order valence-electron chi connectivity index (χ1n) is 5.81. The molecule has 0 spiro atoms. The average Bonchev–Trinajstić information content (AvgIpc) is 2.97. The van der Waals surface area contributed by atoms with Crippen LogP contribution in [-0.4, -0.2) is 32.4 Å². The van der Waals surface area contributed by atoms with Gasteiger partial charge in [-0.25, -0.2) is 0 Å². The van der Waals surface area contributed by atoms with Gasteiger partial charge in [-0.3, -0.25) is 9.20 Å². The first-order valence-corrected chi connectivity index (χ1v) is 7.07. The molecule has 2 aromatic heterocycles. The largest absolute Gasteiger partial charge is 0.465 e. The summed E-state index contributed by atoms with van der Waals surface area (Å²) in [7, 11) is 0. The van der Waals surface area contributed by atoms with Crippen LogP contribution in [-0.2, 0) is 15.7 Å². The van der Waals surface area contributed by atoms with E-state index >= 15 is 0 Å². The van der Waals surface area contributed by atoms with Crippen molar-refractivity contribution in [2.24, 2.45) is 0 Å². The van der Waals surface area contributed by atoms with Gasteiger partial charge in [-0.05, 0) is 6.07 Å². The summed E-state index contributed by atoms with van der Waals surface area (Å²) in [6, 6.07) is 0.795. The van der Waals surface area contributed by atoms with Crippen molar-refractivity contribution in [3.05, 3.63) is 22.8 Å². The van der Waals surface area contributed by atoms with Crippen molar-refractivity contribution >= 4 is 35.0 Å². The normalized spacial score (nSPS) is 19.2. The van der Waals surface area contributed by atoms with E-state index in [9.17, 15) is 18.0 Å². The van der Waals surface area contributed by atoms with Crippen LogP contribution in [0.15, 0.2) is 17.4 Å². The molecule has 3 rings (SSSR count). The molecule has 1 unspecified atom stereocenters. The highest BCUT2D eigenvalue weighted by molar-refractivity contribution is 8.00. The van der Waals surface area contributed by atoms with Crippen LogP contribution in [0.5, 0.6) is 0 Å². The summed E-state index contributed by atoms with van der Waals surface area (Å²) in [6.07, 6.45) is -3.19. The maximum Gasteiger partial charge on any atom is 0.417 e. The number of carbonyl (C=O) groups excluding carboxylic acids is 1. The summed E-state index contributed by atoms with van der Waals surface area (Å²) in [5, 5.41) is 7.06. The number of alkyl halides is 3. The standard InChI is InChI=1S/C11H7ClF3N3O2S/c12-6-3-5(11(13,14)15)4-18-8(6)16-17-10(18)21-7-1-2-20-9(7)19/h3-4,7H,1-2H2. The van der Waals surface area contributed by atoms with Crippen LogP contribution in [0.3, 0.4) is 0 Å². The van der Waals surface area contributed by atoms with Gasteiger partial charge in [0, 0.05) is 12.6 Å². The molecule has 0 bridgehead atoms. The Morgan fingerprint density at radius 3 is 2.81 bits per heavy atom. The second kappa shape index (κ2) is 5.06. The predicted octanol–water partition coefficient (Wildman–Crippen LogP) is 2.81. The molecule has 1 atom stereocenters. The van der Waals surface area contributed by atoms with E-state index in [1.54, 1.807) is 0 Å². The van der Waals surface area contributed by atoms with Crippen LogP contribution >= 0.6 is 23.4 Å². The lowest BCUT2D eigenvalue weighted by molar-refractivity contribution is -0.138. The second-order valence-corrected chi connectivity index (χ2v) is 5.89. The minimum Gasteiger partial charge on any atom is -0.465 e. The Balaban J connectivity index is 2.03. The van der Waals surface area contributed by atoms with Gasteiger partial charge in [-0.15, -0.1) is 10.2 Å². The third-order valence-corrected chi connectivity index (χ3v) is 4.37. The number of pyridine rings is 1. The summed E-state index contributed by atoms with van der Waals surface area (Å²) in [6.45, 7) is 0.293. The lowest BCUT2D eigenvalue weighted by atomic mass is 10.3. The molecule has 0 N–H and O–H groups in total. The fraction of sp³-hybridized carbons (Fsp3) is 0.364. The number of fused-ring (bicyclic) bond motifs is 1. The number of esters is 1. The average molecular weight is 338 g/mol. The first-order chi connectivity index (χ1) is 9.86. The zero-order valence-electron chi connectivity index (χ0n) is 10.2. The molecule has 5 nitrogen and oxygen atoms in total. The lowest BCUT2D eigenvalue weighted by Crippen LogP contribution is -2.11. The summed E-state index contributed by atoms with van der Waals surface area (Å²) >= 11 is 6.81. The van der Waals surface area contributed by atoms with Crippen LogP contribution in [0.1, 0.15) is 12.0 Å². The summed E-state index contributed by atoms with van der Waals surface area (Å²) < 4.78 is 44.4. The highest BCUT2D eigenvalue weighted by atomic mass is 35.5. The molecule has 1 aliphatic heterocycles. The smallest absolute Gasteiger partial charge is 0.417 e. The number of nitrogens with zero attached hydrogens (tertiary/aromatic N) is 3. The molecule has 1 saturated heterocycles. The molecule has 21 heavy (non-hydrogen) atoms. The van der Waals surface area contributed by atoms with E-state index in [2.05, 4.69) is 10.2 Å². The van der Waals surface area contributed by atoms with Gasteiger partial charge in [0.05, 0.1) is 17.2 Å². The Morgan fingerprint density at radius 2 is 2.19 bits per heavy atom. The van der Waals surface area contributed by atoms with Gasteiger partial charge >= 0.3 is 12.1 Å². The number of aromatic nitrogens is 3. The Labute approximate surface area is 125 Å². The van der Waals surface area contributed by atoms with E-state index in [0.29, 0.717) is 13.0 Å². The minimum atomic E-state index is -4.53. The van der Waals surface area contributed by atoms with Crippen molar-refractivity contribution in [1.29, 1.82) is 0 Å². The topological polar surface area (TPSA) is 56.5 Å². The van der Waals surface area contributed by atoms with Gasteiger partial charge in [0.25, 0.3) is 0 Å². The number of halogens is 4. The van der Waals surface area contributed by atoms with Crippen LogP contribution in [0.25, 0.3) is 5.65 Å². The van der Waals surface area contributed by atoms with Crippen molar-refractivity contribution < 1.29 is 22.7 Å². The zero-order valence-corrected chi connectivity index (χ0v) is 11.8. The first kappa shape index (κ1) is 14.5. The Morgan fingerprint density at radius 1 is 1.43 bits per heavy atom. The van der Waals surface area contributed by atoms with E-state index in [-0.39, 0.29) is 15.8 Å². The number of thioether (sulfide) groups is 1. The number of carbonyl (C=O) groups is 1. The van der Waals surface area contributed by atoms with Crippen LogP contribution in [0.2, 0.25) is 5.02 Å². The molecule has 112 valence electrons. The monoisotopic (exact) mass is 337 g/mol. The number of hydrogen-bond donors (Lipinski definition) is 0. The molecule has 1 aliphatic rings. The molecule has 0 aromatic carbocycles. The van der Waals surface area contributed by atoms with Gasteiger partial charge in [0.15, 0.2) is 10.8 Å². The maximum absolute atomic E-state index is 12.8. The molecule has 3 heterocycles. The Bertz CT molecular complexity index is 719. The fourth-order valence-electron chi connectivity index (χ4n) is 1.88. The van der Waals surface area contributed by atoms with E-state index in [0.717, 1.165) is 28.4 Å². The highest BCUT2D eigenvalue weighted by Gasteiger charge is 2.33. The SMILES string of the molecule is O=C1OCCC1Sc1nnc2c(Cl)cc(C(F)(F)F)cn12. The van der Waals surface area contributed by atoms with Crippen molar-refractivity contribution in [3.8, 4) is 0 Å². The second-order valence-electron chi connectivity index (χ2n) is 4.31. The molecule has 0 amide bonds. The highest BCUT2D eigenvalue weighted by Crippen LogP contribution is 2.34. The summed E-state index contributed by atoms with van der Waals surface area (Å²) in [5.41, 5.74) is -0.797. The predicted molar refractivity (Wildman–Crippen MR) is 68.2 cm³/mol. The van der Waals surface area contributed by atoms with Gasteiger partial charge in [-0.1, -0.05) is 23.4 Å². The summed E-state index contributed by atoms with van der Waals surface area (Å²) in [5.74, 6) is -0.408. The fourth-order valence-corrected chi connectivity index (χ4v) is 3.10. The van der Waals surface area contributed by atoms with Crippen LogP contribution in [0, 0.1) is 0 Å². The maximum atomic E-state index is 12.8. The van der Waals surface area contributed by atoms with E-state index < -0.39 is 23.0 Å². The van der Waals surface area contributed by atoms with E-state index in [4.69, 9.17) is 16.3 Å². The number of ether oxygens (including phenoxy) is 1. The van der Waals surface area contributed by atoms with Crippen molar-refractivity contribution in [2.45, 2.75) is 23.0 Å². The summed E-state index contributed by atoms with van der Waals surface area (Å²) in [4.78, 5) is 11.4. The molecular formula is C11H7ClF3N3O2S. The number of rotatable bonds is 2. The van der Waals surface area contributed by atoms with Gasteiger partial charge in [-0.2, -0.15) is 13.2 Å². The molecule has 10 heteroatoms.